The Morgan fingerprint density at radius 2 is 1.95 bits per heavy atom. The van der Waals surface area contributed by atoms with Crippen LogP contribution in [0.25, 0.3) is 0 Å². The van der Waals surface area contributed by atoms with E-state index in [0.717, 1.165) is 25.9 Å². The number of hydrogen-bond acceptors (Lipinski definition) is 5. The third-order valence-corrected chi connectivity index (χ3v) is 3.53. The molecule has 1 saturated heterocycles. The van der Waals surface area contributed by atoms with E-state index in [1.807, 2.05) is 13.8 Å². The van der Waals surface area contributed by atoms with Crippen molar-refractivity contribution in [3.63, 3.8) is 0 Å². The zero-order chi connectivity index (χ0) is 15.1. The van der Waals surface area contributed by atoms with Gasteiger partial charge in [-0.2, -0.15) is 0 Å². The SMILES string of the molecule is COC(=O)C(CC(C)C)NC(=O)CN1CCC(N)CC1. The molecule has 0 saturated carbocycles. The van der Waals surface area contributed by atoms with Crippen LogP contribution >= 0.6 is 0 Å². The van der Waals surface area contributed by atoms with E-state index >= 15 is 0 Å². The highest BCUT2D eigenvalue weighted by Crippen LogP contribution is 2.09. The van der Waals surface area contributed by atoms with Crippen LogP contribution in [0.15, 0.2) is 0 Å². The number of carbonyl (C=O) groups is 2. The third-order valence-electron chi connectivity index (χ3n) is 3.53. The lowest BCUT2D eigenvalue weighted by Crippen LogP contribution is -2.49. The second-order valence-corrected chi connectivity index (χ2v) is 5.89. The number of nitrogens with two attached hydrogens (primary N) is 1. The number of methoxy groups -OCH3 is 1. The average Bonchev–Trinajstić information content (AvgIpc) is 2.39. The molecule has 6 nitrogen and oxygen atoms in total. The van der Waals surface area contributed by atoms with Crippen molar-refractivity contribution in [1.29, 1.82) is 0 Å². The number of carbonyl (C=O) groups excluding carboxylic acids is 2. The Bertz CT molecular complexity index is 326. The number of esters is 1. The van der Waals surface area contributed by atoms with E-state index in [-0.39, 0.29) is 17.9 Å². The Balaban J connectivity index is 2.43. The number of rotatable bonds is 6. The minimum absolute atomic E-state index is 0.128. The molecule has 6 heteroatoms. The number of hydrogen-bond donors (Lipinski definition) is 2. The van der Waals surface area contributed by atoms with Gasteiger partial charge in [0.1, 0.15) is 6.04 Å². The van der Waals surface area contributed by atoms with E-state index in [0.29, 0.717) is 18.9 Å². The number of ether oxygens (including phenoxy) is 1. The molecule has 1 fully saturated rings. The molecule has 0 aliphatic carbocycles. The van der Waals surface area contributed by atoms with Crippen molar-refractivity contribution in [2.75, 3.05) is 26.7 Å². The zero-order valence-electron chi connectivity index (χ0n) is 12.7. The van der Waals surface area contributed by atoms with Crippen molar-refractivity contribution in [3.05, 3.63) is 0 Å². The van der Waals surface area contributed by atoms with Crippen molar-refractivity contribution in [2.45, 2.75) is 45.2 Å². The Kier molecular flexibility index (Phi) is 6.95. The summed E-state index contributed by atoms with van der Waals surface area (Å²) in [4.78, 5) is 25.7. The molecule has 0 aromatic heterocycles. The van der Waals surface area contributed by atoms with Gasteiger partial charge in [-0.05, 0) is 25.2 Å². The van der Waals surface area contributed by atoms with Crippen molar-refractivity contribution < 1.29 is 14.3 Å². The van der Waals surface area contributed by atoms with Gasteiger partial charge in [-0.25, -0.2) is 4.79 Å². The number of piperidine rings is 1. The molecule has 1 unspecified atom stereocenters. The van der Waals surface area contributed by atoms with Crippen molar-refractivity contribution in [1.82, 2.24) is 10.2 Å². The van der Waals surface area contributed by atoms with Gasteiger partial charge in [0.25, 0.3) is 0 Å². The van der Waals surface area contributed by atoms with Gasteiger partial charge in [0.15, 0.2) is 0 Å². The number of nitrogens with one attached hydrogen (secondary N) is 1. The highest BCUT2D eigenvalue weighted by atomic mass is 16.5. The molecule has 0 bridgehead atoms. The van der Waals surface area contributed by atoms with Crippen LogP contribution in [0.1, 0.15) is 33.1 Å². The van der Waals surface area contributed by atoms with Crippen molar-refractivity contribution in [3.8, 4) is 0 Å². The number of likely N-dealkylation sites (tertiary alicyclic amines) is 1. The molecule has 20 heavy (non-hydrogen) atoms. The molecule has 0 spiro atoms. The summed E-state index contributed by atoms with van der Waals surface area (Å²) in [5, 5.41) is 2.77. The van der Waals surface area contributed by atoms with Crippen molar-refractivity contribution in [2.24, 2.45) is 11.7 Å². The predicted molar refractivity (Wildman–Crippen MR) is 77.1 cm³/mol. The maximum Gasteiger partial charge on any atom is 0.328 e. The lowest BCUT2D eigenvalue weighted by Gasteiger charge is -2.30. The maximum atomic E-state index is 12.0. The summed E-state index contributed by atoms with van der Waals surface area (Å²) in [5.41, 5.74) is 5.83. The molecule has 1 amide bonds. The topological polar surface area (TPSA) is 84.7 Å². The molecule has 1 rings (SSSR count). The lowest BCUT2D eigenvalue weighted by molar-refractivity contribution is -0.145. The van der Waals surface area contributed by atoms with Crippen LogP contribution in [0.5, 0.6) is 0 Å². The first-order valence-electron chi connectivity index (χ1n) is 7.27. The van der Waals surface area contributed by atoms with Crippen LogP contribution in [-0.4, -0.2) is 55.6 Å². The van der Waals surface area contributed by atoms with Gasteiger partial charge in [0, 0.05) is 19.1 Å². The molecule has 1 aliphatic rings. The first-order valence-corrected chi connectivity index (χ1v) is 7.27. The lowest BCUT2D eigenvalue weighted by atomic mass is 10.0. The van der Waals surface area contributed by atoms with Gasteiger partial charge < -0.3 is 15.8 Å². The summed E-state index contributed by atoms with van der Waals surface area (Å²) in [6.45, 7) is 6.00. The number of amides is 1. The molecular formula is C14H27N3O3. The normalized spacial score (nSPS) is 18.9. The summed E-state index contributed by atoms with van der Waals surface area (Å²) in [6, 6.07) is -0.308. The highest BCUT2D eigenvalue weighted by molar-refractivity contribution is 5.85. The standard InChI is InChI=1S/C14H27N3O3/c1-10(2)8-12(14(19)20-3)16-13(18)9-17-6-4-11(15)5-7-17/h10-12H,4-9,15H2,1-3H3,(H,16,18). The van der Waals surface area contributed by atoms with Crippen LogP contribution in [-0.2, 0) is 14.3 Å². The van der Waals surface area contributed by atoms with E-state index < -0.39 is 6.04 Å². The minimum Gasteiger partial charge on any atom is -0.467 e. The maximum absolute atomic E-state index is 12.0. The predicted octanol–water partition coefficient (Wildman–Crippen LogP) is 0.113. The minimum atomic E-state index is -0.556. The zero-order valence-corrected chi connectivity index (χ0v) is 12.7. The van der Waals surface area contributed by atoms with Crippen LogP contribution < -0.4 is 11.1 Å². The fourth-order valence-corrected chi connectivity index (χ4v) is 2.38. The molecule has 0 aromatic carbocycles. The van der Waals surface area contributed by atoms with E-state index in [1.165, 1.54) is 7.11 Å². The summed E-state index contributed by atoms with van der Waals surface area (Å²) >= 11 is 0. The largest absolute Gasteiger partial charge is 0.467 e. The molecule has 116 valence electrons. The first-order chi connectivity index (χ1) is 9.42. The van der Waals surface area contributed by atoms with Gasteiger partial charge >= 0.3 is 5.97 Å². The molecule has 1 heterocycles. The van der Waals surface area contributed by atoms with E-state index in [2.05, 4.69) is 10.2 Å². The Morgan fingerprint density at radius 3 is 2.45 bits per heavy atom. The van der Waals surface area contributed by atoms with Gasteiger partial charge in [-0.15, -0.1) is 0 Å². The van der Waals surface area contributed by atoms with E-state index in [9.17, 15) is 9.59 Å². The molecule has 1 atom stereocenters. The number of nitrogens with zero attached hydrogens (tertiary/aromatic N) is 1. The quantitative estimate of drug-likeness (QED) is 0.677. The summed E-state index contributed by atoms with van der Waals surface area (Å²) < 4.78 is 4.73. The third kappa shape index (κ3) is 5.88. The summed E-state index contributed by atoms with van der Waals surface area (Å²) in [6.07, 6.45) is 2.42. The van der Waals surface area contributed by atoms with Gasteiger partial charge in [-0.1, -0.05) is 13.8 Å². The molecule has 0 aromatic rings. The molecule has 1 aliphatic heterocycles. The Hall–Kier alpha value is -1.14. The Labute approximate surface area is 121 Å². The van der Waals surface area contributed by atoms with Gasteiger partial charge in [0.2, 0.25) is 5.91 Å². The van der Waals surface area contributed by atoms with Gasteiger partial charge in [0.05, 0.1) is 13.7 Å². The fraction of sp³-hybridized carbons (Fsp3) is 0.857. The average molecular weight is 285 g/mol. The van der Waals surface area contributed by atoms with E-state index in [1.54, 1.807) is 0 Å². The van der Waals surface area contributed by atoms with Crippen LogP contribution in [0.2, 0.25) is 0 Å². The fourth-order valence-electron chi connectivity index (χ4n) is 2.38. The van der Waals surface area contributed by atoms with Crippen LogP contribution in [0, 0.1) is 5.92 Å². The summed E-state index contributed by atoms with van der Waals surface area (Å²) in [7, 11) is 1.34. The van der Waals surface area contributed by atoms with Crippen LogP contribution in [0.4, 0.5) is 0 Å². The first kappa shape index (κ1) is 16.9. The second-order valence-electron chi connectivity index (χ2n) is 5.89. The second kappa shape index (κ2) is 8.21. The van der Waals surface area contributed by atoms with Crippen LogP contribution in [0.3, 0.4) is 0 Å². The molecular weight excluding hydrogens is 258 g/mol. The Morgan fingerprint density at radius 1 is 1.35 bits per heavy atom. The monoisotopic (exact) mass is 285 g/mol. The van der Waals surface area contributed by atoms with E-state index in [4.69, 9.17) is 10.5 Å². The molecule has 3 N–H and O–H groups in total. The summed E-state index contributed by atoms with van der Waals surface area (Å²) in [5.74, 6) is -0.198. The van der Waals surface area contributed by atoms with Gasteiger partial charge in [-0.3, -0.25) is 9.69 Å². The highest BCUT2D eigenvalue weighted by Gasteiger charge is 2.24. The van der Waals surface area contributed by atoms with Crippen molar-refractivity contribution >= 4 is 11.9 Å². The smallest absolute Gasteiger partial charge is 0.328 e. The molecule has 0 radical (unpaired) electrons.